The van der Waals surface area contributed by atoms with Crippen molar-refractivity contribution in [3.05, 3.63) is 24.3 Å². The van der Waals surface area contributed by atoms with Gasteiger partial charge in [-0.2, -0.15) is 0 Å². The molecule has 0 aromatic heterocycles. The van der Waals surface area contributed by atoms with Crippen molar-refractivity contribution < 1.29 is 0 Å². The summed E-state index contributed by atoms with van der Waals surface area (Å²) in [6.45, 7) is 0. The summed E-state index contributed by atoms with van der Waals surface area (Å²) in [5.41, 5.74) is 0.763. The summed E-state index contributed by atoms with van der Waals surface area (Å²) in [7, 11) is 0. The van der Waals surface area contributed by atoms with Crippen molar-refractivity contribution in [2.24, 2.45) is 29.1 Å². The van der Waals surface area contributed by atoms with E-state index < -0.39 is 0 Å². The average Bonchev–Trinajstić information content (AvgIpc) is 2.64. The van der Waals surface area contributed by atoms with Gasteiger partial charge in [-0.3, -0.25) is 0 Å². The lowest BCUT2D eigenvalue weighted by atomic mass is 9.53. The zero-order chi connectivity index (χ0) is 7.76. The van der Waals surface area contributed by atoms with Gasteiger partial charge in [0.05, 0.1) is 0 Å². The van der Waals surface area contributed by atoms with E-state index in [2.05, 4.69) is 24.3 Å². The van der Waals surface area contributed by atoms with E-state index >= 15 is 0 Å². The van der Waals surface area contributed by atoms with Gasteiger partial charge >= 0.3 is 0 Å². The molecule has 5 atom stereocenters. The molecular formula is C12H14. The van der Waals surface area contributed by atoms with Gasteiger partial charge in [0, 0.05) is 0 Å². The molecule has 4 aliphatic rings. The topological polar surface area (TPSA) is 0 Å². The van der Waals surface area contributed by atoms with Crippen LogP contribution in [-0.4, -0.2) is 0 Å². The molecule has 0 heterocycles. The van der Waals surface area contributed by atoms with E-state index in [0.717, 1.165) is 29.1 Å². The standard InChI is InChI=1S/C12H14/c1-2-10-7-8(1)11-4-3-9-5-6-12(9,10)11/h1-4,8-11H,5-7H2. The maximum absolute atomic E-state index is 2.53. The maximum atomic E-state index is 2.53. The first-order valence-corrected chi connectivity index (χ1v) is 5.28. The zero-order valence-electron chi connectivity index (χ0n) is 7.24. The molecule has 4 aliphatic carbocycles. The molecule has 0 radical (unpaired) electrons. The van der Waals surface area contributed by atoms with E-state index in [1.165, 1.54) is 19.3 Å². The van der Waals surface area contributed by atoms with Crippen molar-refractivity contribution in [2.45, 2.75) is 19.3 Å². The summed E-state index contributed by atoms with van der Waals surface area (Å²) in [6.07, 6.45) is 14.5. The molecule has 0 saturated heterocycles. The third-order valence-corrected chi connectivity index (χ3v) is 5.02. The van der Waals surface area contributed by atoms with E-state index in [9.17, 15) is 0 Å². The van der Waals surface area contributed by atoms with Crippen molar-refractivity contribution in [1.82, 2.24) is 0 Å². The van der Waals surface area contributed by atoms with Gasteiger partial charge in [-0.1, -0.05) is 24.3 Å². The van der Waals surface area contributed by atoms with Crippen molar-refractivity contribution >= 4 is 0 Å². The first kappa shape index (κ1) is 6.01. The number of fused-ring (bicyclic) bond motifs is 3. The summed E-state index contributed by atoms with van der Waals surface area (Å²) in [6, 6.07) is 0. The Balaban J connectivity index is 1.92. The highest BCUT2D eigenvalue weighted by molar-refractivity contribution is 5.32. The van der Waals surface area contributed by atoms with Gasteiger partial charge in [0.1, 0.15) is 0 Å². The predicted octanol–water partition coefficient (Wildman–Crippen LogP) is 2.77. The van der Waals surface area contributed by atoms with Crippen LogP contribution in [0.15, 0.2) is 24.3 Å². The Morgan fingerprint density at radius 3 is 2.67 bits per heavy atom. The number of hydrogen-bond acceptors (Lipinski definition) is 0. The molecule has 12 heavy (non-hydrogen) atoms. The Morgan fingerprint density at radius 2 is 1.92 bits per heavy atom. The van der Waals surface area contributed by atoms with Gasteiger partial charge in [-0.15, -0.1) is 0 Å². The van der Waals surface area contributed by atoms with Crippen LogP contribution in [0.5, 0.6) is 0 Å². The van der Waals surface area contributed by atoms with Gasteiger partial charge in [-0.05, 0) is 48.3 Å². The molecule has 0 nitrogen and oxygen atoms in total. The second-order valence-electron chi connectivity index (χ2n) is 5.06. The lowest BCUT2D eigenvalue weighted by Gasteiger charge is -2.50. The number of hydrogen-bond donors (Lipinski definition) is 0. The van der Waals surface area contributed by atoms with Crippen LogP contribution in [0, 0.1) is 29.1 Å². The Hall–Kier alpha value is -0.520. The van der Waals surface area contributed by atoms with E-state index in [0.29, 0.717) is 0 Å². The summed E-state index contributed by atoms with van der Waals surface area (Å²) in [4.78, 5) is 0. The van der Waals surface area contributed by atoms with Crippen LogP contribution in [0.1, 0.15) is 19.3 Å². The predicted molar refractivity (Wildman–Crippen MR) is 48.5 cm³/mol. The summed E-state index contributed by atoms with van der Waals surface area (Å²) < 4.78 is 0. The van der Waals surface area contributed by atoms with E-state index in [1.54, 1.807) is 0 Å². The van der Waals surface area contributed by atoms with Crippen LogP contribution in [0.25, 0.3) is 0 Å². The van der Waals surface area contributed by atoms with Gasteiger partial charge < -0.3 is 0 Å². The highest BCUT2D eigenvalue weighted by Gasteiger charge is 2.63. The smallest absolute Gasteiger partial charge is 0.0102 e. The number of allylic oxidation sites excluding steroid dienone is 4. The van der Waals surface area contributed by atoms with Crippen molar-refractivity contribution in [3.8, 4) is 0 Å². The van der Waals surface area contributed by atoms with Gasteiger partial charge in [0.25, 0.3) is 0 Å². The van der Waals surface area contributed by atoms with Crippen molar-refractivity contribution in [3.63, 3.8) is 0 Å². The summed E-state index contributed by atoms with van der Waals surface area (Å²) in [5, 5.41) is 0. The monoisotopic (exact) mass is 158 g/mol. The van der Waals surface area contributed by atoms with Gasteiger partial charge in [0.15, 0.2) is 0 Å². The van der Waals surface area contributed by atoms with Crippen LogP contribution < -0.4 is 0 Å². The first-order chi connectivity index (χ1) is 5.91. The van der Waals surface area contributed by atoms with E-state index in [-0.39, 0.29) is 0 Å². The van der Waals surface area contributed by atoms with Crippen LogP contribution in [0.2, 0.25) is 0 Å². The quantitative estimate of drug-likeness (QED) is 0.475. The molecule has 2 saturated carbocycles. The largest absolute Gasteiger partial charge is 0.0845 e. The highest BCUT2D eigenvalue weighted by Crippen LogP contribution is 2.71. The molecule has 5 unspecified atom stereocenters. The average molecular weight is 158 g/mol. The second kappa shape index (κ2) is 1.57. The van der Waals surface area contributed by atoms with Crippen LogP contribution in [0.4, 0.5) is 0 Å². The third kappa shape index (κ3) is 0.396. The Bertz CT molecular complexity index is 299. The van der Waals surface area contributed by atoms with Gasteiger partial charge in [0.2, 0.25) is 0 Å². The second-order valence-corrected chi connectivity index (χ2v) is 5.06. The highest BCUT2D eigenvalue weighted by atomic mass is 14.7. The molecule has 0 aromatic carbocycles. The zero-order valence-corrected chi connectivity index (χ0v) is 7.24. The lowest BCUT2D eigenvalue weighted by molar-refractivity contribution is 0.0177. The Kier molecular flexibility index (Phi) is 0.788. The summed E-state index contributed by atoms with van der Waals surface area (Å²) in [5.74, 6) is 3.81. The minimum Gasteiger partial charge on any atom is -0.0845 e. The van der Waals surface area contributed by atoms with Gasteiger partial charge in [-0.25, -0.2) is 0 Å². The minimum absolute atomic E-state index is 0.763. The Labute approximate surface area is 73.4 Å². The van der Waals surface area contributed by atoms with Crippen LogP contribution >= 0.6 is 0 Å². The molecule has 0 aromatic rings. The molecule has 1 spiro atoms. The molecule has 0 heteroatoms. The molecule has 62 valence electrons. The molecule has 4 rings (SSSR count). The van der Waals surface area contributed by atoms with Crippen LogP contribution in [0.3, 0.4) is 0 Å². The minimum atomic E-state index is 0.763. The lowest BCUT2D eigenvalue weighted by Crippen LogP contribution is -2.44. The number of rotatable bonds is 0. The fraction of sp³-hybridized carbons (Fsp3) is 0.667. The molecular weight excluding hydrogens is 144 g/mol. The third-order valence-electron chi connectivity index (χ3n) is 5.02. The fourth-order valence-corrected chi connectivity index (χ4v) is 4.41. The van der Waals surface area contributed by atoms with Crippen LogP contribution in [-0.2, 0) is 0 Å². The van der Waals surface area contributed by atoms with Crippen molar-refractivity contribution in [1.29, 1.82) is 0 Å². The molecule has 0 N–H and O–H groups in total. The van der Waals surface area contributed by atoms with E-state index in [4.69, 9.17) is 0 Å². The fourth-order valence-electron chi connectivity index (χ4n) is 4.41. The molecule has 2 fully saturated rings. The Morgan fingerprint density at radius 1 is 1.00 bits per heavy atom. The normalized spacial score (nSPS) is 63.3. The SMILES string of the molecule is C1=CC2CC1C1C=CC3CCC321. The van der Waals surface area contributed by atoms with E-state index in [1.807, 2.05) is 0 Å². The molecule has 2 bridgehead atoms. The summed E-state index contributed by atoms with van der Waals surface area (Å²) >= 11 is 0. The maximum Gasteiger partial charge on any atom is -0.0102 e. The molecule has 0 amide bonds. The molecule has 0 aliphatic heterocycles. The van der Waals surface area contributed by atoms with Crippen molar-refractivity contribution in [2.75, 3.05) is 0 Å². The first-order valence-electron chi connectivity index (χ1n) is 5.28.